The molecule has 0 aliphatic carbocycles. The lowest BCUT2D eigenvalue weighted by atomic mass is 10.2. The predicted molar refractivity (Wildman–Crippen MR) is 98.9 cm³/mol. The molecule has 2 aromatic rings. The molecule has 1 fully saturated rings. The molecule has 5 nitrogen and oxygen atoms in total. The minimum atomic E-state index is -0.142. The number of nitrogens with one attached hydrogen (secondary N) is 2. The molecule has 1 amide bonds. The summed E-state index contributed by atoms with van der Waals surface area (Å²) in [6.45, 7) is 5.21. The Morgan fingerprint density at radius 2 is 1.88 bits per heavy atom. The van der Waals surface area contributed by atoms with E-state index < -0.39 is 0 Å². The zero-order chi connectivity index (χ0) is 16.8. The van der Waals surface area contributed by atoms with Crippen LogP contribution in [0.3, 0.4) is 0 Å². The number of aromatic nitrogens is 1. The smallest absolute Gasteiger partial charge is 0.257 e. The van der Waals surface area contributed by atoms with Gasteiger partial charge in [-0.25, -0.2) is 0 Å². The third kappa shape index (κ3) is 4.04. The highest BCUT2D eigenvalue weighted by molar-refractivity contribution is 6.04. The maximum atomic E-state index is 12.4. The molecule has 1 aromatic carbocycles. The van der Waals surface area contributed by atoms with Gasteiger partial charge in [-0.15, -0.1) is 0 Å². The first-order chi connectivity index (χ1) is 11.8. The highest BCUT2D eigenvalue weighted by Gasteiger charge is 2.12. The summed E-state index contributed by atoms with van der Waals surface area (Å²) in [5.74, 6) is -0.142. The Labute approximate surface area is 143 Å². The van der Waals surface area contributed by atoms with Gasteiger partial charge in [-0.2, -0.15) is 0 Å². The summed E-state index contributed by atoms with van der Waals surface area (Å²) in [6, 6.07) is 9.88. The molecular formula is C19H24N4O. The van der Waals surface area contributed by atoms with E-state index in [9.17, 15) is 4.79 Å². The zero-order valence-electron chi connectivity index (χ0n) is 14.1. The fraction of sp³-hybridized carbons (Fsp3) is 0.368. The Bertz CT molecular complexity index is 678. The van der Waals surface area contributed by atoms with E-state index in [0.717, 1.165) is 37.4 Å². The third-order valence-electron chi connectivity index (χ3n) is 4.18. The van der Waals surface area contributed by atoms with Crippen molar-refractivity contribution in [2.45, 2.75) is 26.2 Å². The van der Waals surface area contributed by atoms with E-state index in [1.165, 1.54) is 18.5 Å². The van der Waals surface area contributed by atoms with Crippen molar-refractivity contribution in [2.75, 3.05) is 35.2 Å². The van der Waals surface area contributed by atoms with E-state index in [1.807, 2.05) is 18.2 Å². The van der Waals surface area contributed by atoms with Crippen molar-refractivity contribution in [3.63, 3.8) is 0 Å². The van der Waals surface area contributed by atoms with E-state index in [1.54, 1.807) is 12.4 Å². The van der Waals surface area contributed by atoms with Gasteiger partial charge < -0.3 is 15.5 Å². The summed E-state index contributed by atoms with van der Waals surface area (Å²) < 4.78 is 0. The highest BCUT2D eigenvalue weighted by Crippen LogP contribution is 2.22. The quantitative estimate of drug-likeness (QED) is 0.849. The Morgan fingerprint density at radius 1 is 1.12 bits per heavy atom. The van der Waals surface area contributed by atoms with Crippen LogP contribution in [0.1, 0.15) is 36.5 Å². The summed E-state index contributed by atoms with van der Waals surface area (Å²) >= 11 is 0. The fourth-order valence-corrected chi connectivity index (χ4v) is 2.86. The van der Waals surface area contributed by atoms with Crippen molar-refractivity contribution in [3.8, 4) is 0 Å². The van der Waals surface area contributed by atoms with Crippen LogP contribution >= 0.6 is 0 Å². The number of pyridine rings is 1. The molecule has 1 aliphatic heterocycles. The van der Waals surface area contributed by atoms with E-state index in [-0.39, 0.29) is 5.91 Å². The second-order valence-corrected chi connectivity index (χ2v) is 6.08. The molecule has 1 saturated heterocycles. The second kappa shape index (κ2) is 7.81. The SMILES string of the molecule is CCCNc1cncc(C(=O)Nc2ccc(N3CCCC3)cc2)c1. The Balaban J connectivity index is 1.63. The number of amides is 1. The number of hydrogen-bond acceptors (Lipinski definition) is 4. The van der Waals surface area contributed by atoms with Crippen LogP contribution in [0.4, 0.5) is 17.1 Å². The summed E-state index contributed by atoms with van der Waals surface area (Å²) in [7, 11) is 0. The molecule has 1 aromatic heterocycles. The molecule has 0 unspecified atom stereocenters. The van der Waals surface area contributed by atoms with Gasteiger partial charge in [0.15, 0.2) is 0 Å². The number of hydrogen-bond donors (Lipinski definition) is 2. The van der Waals surface area contributed by atoms with E-state index in [4.69, 9.17) is 0 Å². The summed E-state index contributed by atoms with van der Waals surface area (Å²) in [5, 5.41) is 6.18. The molecule has 2 N–H and O–H groups in total. The Hall–Kier alpha value is -2.56. The highest BCUT2D eigenvalue weighted by atomic mass is 16.1. The average Bonchev–Trinajstić information content (AvgIpc) is 3.15. The molecule has 126 valence electrons. The maximum absolute atomic E-state index is 12.4. The van der Waals surface area contributed by atoms with Gasteiger partial charge in [0.2, 0.25) is 0 Å². The number of benzene rings is 1. The first-order valence-corrected chi connectivity index (χ1v) is 8.61. The minimum absolute atomic E-state index is 0.142. The number of rotatable bonds is 6. The van der Waals surface area contributed by atoms with Crippen LogP contribution in [-0.2, 0) is 0 Å². The van der Waals surface area contributed by atoms with Crippen LogP contribution < -0.4 is 15.5 Å². The molecule has 0 spiro atoms. The molecule has 2 heterocycles. The van der Waals surface area contributed by atoms with Crippen molar-refractivity contribution in [3.05, 3.63) is 48.3 Å². The van der Waals surface area contributed by atoms with Crippen molar-refractivity contribution < 1.29 is 4.79 Å². The number of carbonyl (C=O) groups excluding carboxylic acids is 1. The van der Waals surface area contributed by atoms with Crippen LogP contribution in [-0.4, -0.2) is 30.5 Å². The molecule has 0 bridgehead atoms. The lowest BCUT2D eigenvalue weighted by Gasteiger charge is -2.17. The number of nitrogens with zero attached hydrogens (tertiary/aromatic N) is 2. The van der Waals surface area contributed by atoms with Gasteiger partial charge in [0.05, 0.1) is 11.3 Å². The molecule has 0 saturated carbocycles. The lowest BCUT2D eigenvalue weighted by Crippen LogP contribution is -2.17. The first-order valence-electron chi connectivity index (χ1n) is 8.61. The summed E-state index contributed by atoms with van der Waals surface area (Å²) in [5.41, 5.74) is 3.45. The summed E-state index contributed by atoms with van der Waals surface area (Å²) in [6.07, 6.45) is 6.87. The molecular weight excluding hydrogens is 300 g/mol. The van der Waals surface area contributed by atoms with E-state index in [0.29, 0.717) is 5.56 Å². The van der Waals surface area contributed by atoms with Gasteiger partial charge in [0, 0.05) is 43.4 Å². The molecule has 0 radical (unpaired) electrons. The molecule has 3 rings (SSSR count). The minimum Gasteiger partial charge on any atom is -0.384 e. The Kier molecular flexibility index (Phi) is 5.31. The lowest BCUT2D eigenvalue weighted by molar-refractivity contribution is 0.102. The van der Waals surface area contributed by atoms with Crippen molar-refractivity contribution in [2.24, 2.45) is 0 Å². The zero-order valence-corrected chi connectivity index (χ0v) is 14.1. The predicted octanol–water partition coefficient (Wildman–Crippen LogP) is 3.76. The van der Waals surface area contributed by atoms with Crippen LogP contribution in [0.2, 0.25) is 0 Å². The topological polar surface area (TPSA) is 57.3 Å². The van der Waals surface area contributed by atoms with Gasteiger partial charge in [-0.1, -0.05) is 6.92 Å². The summed E-state index contributed by atoms with van der Waals surface area (Å²) in [4.78, 5) is 18.9. The van der Waals surface area contributed by atoms with E-state index >= 15 is 0 Å². The average molecular weight is 324 g/mol. The van der Waals surface area contributed by atoms with Crippen LogP contribution in [0.5, 0.6) is 0 Å². The van der Waals surface area contributed by atoms with Crippen molar-refractivity contribution in [1.29, 1.82) is 0 Å². The van der Waals surface area contributed by atoms with Gasteiger partial charge >= 0.3 is 0 Å². The number of carbonyl (C=O) groups is 1. The van der Waals surface area contributed by atoms with Crippen LogP contribution in [0.25, 0.3) is 0 Å². The third-order valence-corrected chi connectivity index (χ3v) is 4.18. The van der Waals surface area contributed by atoms with Gasteiger partial charge in [-0.3, -0.25) is 9.78 Å². The molecule has 24 heavy (non-hydrogen) atoms. The van der Waals surface area contributed by atoms with E-state index in [2.05, 4.69) is 39.6 Å². The maximum Gasteiger partial charge on any atom is 0.257 e. The van der Waals surface area contributed by atoms with Crippen molar-refractivity contribution in [1.82, 2.24) is 4.98 Å². The van der Waals surface area contributed by atoms with Gasteiger partial charge in [0.1, 0.15) is 0 Å². The van der Waals surface area contributed by atoms with Crippen LogP contribution in [0, 0.1) is 0 Å². The Morgan fingerprint density at radius 3 is 2.58 bits per heavy atom. The number of anilines is 3. The standard InChI is InChI=1S/C19H24N4O/c1-2-9-21-17-12-15(13-20-14-17)19(24)22-16-5-7-18(8-6-16)23-10-3-4-11-23/h5-8,12-14,21H,2-4,9-11H2,1H3,(H,22,24). The second-order valence-electron chi connectivity index (χ2n) is 6.08. The largest absolute Gasteiger partial charge is 0.384 e. The van der Waals surface area contributed by atoms with Gasteiger partial charge in [0.25, 0.3) is 5.91 Å². The fourth-order valence-electron chi connectivity index (χ4n) is 2.86. The van der Waals surface area contributed by atoms with Crippen LogP contribution in [0.15, 0.2) is 42.7 Å². The first kappa shape index (κ1) is 16.3. The monoisotopic (exact) mass is 324 g/mol. The van der Waals surface area contributed by atoms with Gasteiger partial charge in [-0.05, 0) is 49.6 Å². The normalized spacial score (nSPS) is 13.8. The van der Waals surface area contributed by atoms with Crippen molar-refractivity contribution >= 4 is 23.0 Å². The molecule has 5 heteroatoms. The molecule has 1 aliphatic rings. The molecule has 0 atom stereocenters.